The molecule has 32 heavy (non-hydrogen) atoms. The van der Waals surface area contributed by atoms with Crippen molar-refractivity contribution < 1.29 is 9.90 Å². The van der Waals surface area contributed by atoms with E-state index in [4.69, 9.17) is 5.11 Å². The third kappa shape index (κ3) is 5.65. The van der Waals surface area contributed by atoms with Gasteiger partial charge in [0.25, 0.3) is 0 Å². The second-order valence-electron chi connectivity index (χ2n) is 7.72. The molecule has 0 aliphatic heterocycles. The molecule has 0 saturated carbocycles. The molecule has 2 aromatic heterocycles. The zero-order valence-electron chi connectivity index (χ0n) is 18.4. The fourth-order valence-corrected chi connectivity index (χ4v) is 3.02. The van der Waals surface area contributed by atoms with E-state index in [0.717, 1.165) is 16.9 Å². The van der Waals surface area contributed by atoms with Crippen LogP contribution in [-0.2, 0) is 11.2 Å². The molecule has 1 amide bonds. The molecule has 2 N–H and O–H groups in total. The first-order valence-corrected chi connectivity index (χ1v) is 10.4. The Labute approximate surface area is 187 Å². The molecule has 2 heterocycles. The Bertz CT molecular complexity index is 1120. The fourth-order valence-electron chi connectivity index (χ4n) is 3.02. The molecule has 0 radical (unpaired) electrons. The SMILES string of the molecule is CC(C)C(=O)Nc1ccc(-c2ccnc(Cc3ccc(N(C)CCO)nc3)n2)cc1C#N. The van der Waals surface area contributed by atoms with Crippen molar-refractivity contribution in [2.24, 2.45) is 5.92 Å². The van der Waals surface area contributed by atoms with Crippen LogP contribution < -0.4 is 10.2 Å². The van der Waals surface area contributed by atoms with Gasteiger partial charge in [0.05, 0.1) is 23.6 Å². The molecule has 0 aliphatic carbocycles. The lowest BCUT2D eigenvalue weighted by molar-refractivity contribution is -0.118. The highest BCUT2D eigenvalue weighted by Gasteiger charge is 2.12. The number of aliphatic hydroxyl groups is 1. The summed E-state index contributed by atoms with van der Waals surface area (Å²) in [6.07, 6.45) is 3.98. The van der Waals surface area contributed by atoms with E-state index in [-0.39, 0.29) is 18.4 Å². The van der Waals surface area contributed by atoms with Crippen molar-refractivity contribution in [2.75, 3.05) is 30.4 Å². The average Bonchev–Trinajstić information content (AvgIpc) is 2.80. The lowest BCUT2D eigenvalue weighted by atomic mass is 10.1. The molecule has 0 bridgehead atoms. The summed E-state index contributed by atoms with van der Waals surface area (Å²) in [6.45, 7) is 4.19. The standard InChI is InChI=1S/C24H26N6O2/c1-16(2)24(32)29-20-6-5-18(13-19(20)14-25)21-8-9-26-22(28-21)12-17-4-7-23(27-15-17)30(3)10-11-31/h4-9,13,15-16,31H,10-12H2,1-3H3,(H,29,32). The maximum absolute atomic E-state index is 12.0. The van der Waals surface area contributed by atoms with Gasteiger partial charge in [-0.2, -0.15) is 5.26 Å². The van der Waals surface area contributed by atoms with Crippen LogP contribution in [0.3, 0.4) is 0 Å². The molecular weight excluding hydrogens is 404 g/mol. The normalized spacial score (nSPS) is 10.6. The monoisotopic (exact) mass is 430 g/mol. The van der Waals surface area contributed by atoms with Gasteiger partial charge in [-0.15, -0.1) is 0 Å². The van der Waals surface area contributed by atoms with Crippen molar-refractivity contribution in [3.63, 3.8) is 0 Å². The van der Waals surface area contributed by atoms with Gasteiger partial charge in [-0.3, -0.25) is 4.79 Å². The minimum atomic E-state index is -0.177. The van der Waals surface area contributed by atoms with E-state index in [0.29, 0.717) is 35.7 Å². The predicted octanol–water partition coefficient (Wildman–Crippen LogP) is 3.02. The van der Waals surface area contributed by atoms with Crippen LogP contribution in [0.4, 0.5) is 11.5 Å². The molecular formula is C24H26N6O2. The van der Waals surface area contributed by atoms with E-state index >= 15 is 0 Å². The Hall–Kier alpha value is -3.83. The Morgan fingerprint density at radius 3 is 2.69 bits per heavy atom. The van der Waals surface area contributed by atoms with E-state index < -0.39 is 0 Å². The van der Waals surface area contributed by atoms with Gasteiger partial charge in [0.1, 0.15) is 17.7 Å². The van der Waals surface area contributed by atoms with Gasteiger partial charge >= 0.3 is 0 Å². The number of nitrogens with one attached hydrogen (secondary N) is 1. The zero-order chi connectivity index (χ0) is 23.1. The number of carbonyl (C=O) groups is 1. The van der Waals surface area contributed by atoms with Gasteiger partial charge < -0.3 is 15.3 Å². The smallest absolute Gasteiger partial charge is 0.226 e. The number of likely N-dealkylation sites (N-methyl/N-ethyl adjacent to an activating group) is 1. The maximum Gasteiger partial charge on any atom is 0.226 e. The zero-order valence-corrected chi connectivity index (χ0v) is 18.4. The molecule has 8 heteroatoms. The minimum absolute atomic E-state index is 0.0686. The van der Waals surface area contributed by atoms with Crippen LogP contribution in [-0.4, -0.2) is 46.2 Å². The van der Waals surface area contributed by atoms with Crippen LogP contribution in [0.25, 0.3) is 11.3 Å². The predicted molar refractivity (Wildman–Crippen MR) is 123 cm³/mol. The second-order valence-corrected chi connectivity index (χ2v) is 7.72. The van der Waals surface area contributed by atoms with Crippen LogP contribution in [0, 0.1) is 17.2 Å². The molecule has 164 valence electrons. The number of nitrogens with zero attached hydrogens (tertiary/aromatic N) is 5. The number of hydrogen-bond acceptors (Lipinski definition) is 7. The number of aromatic nitrogens is 3. The summed E-state index contributed by atoms with van der Waals surface area (Å²) in [5.74, 6) is 1.10. The lowest BCUT2D eigenvalue weighted by Crippen LogP contribution is -2.22. The van der Waals surface area contributed by atoms with Crippen molar-refractivity contribution in [1.82, 2.24) is 15.0 Å². The molecule has 1 aromatic carbocycles. The van der Waals surface area contributed by atoms with Gasteiger partial charge in [0.15, 0.2) is 0 Å². The van der Waals surface area contributed by atoms with Gasteiger partial charge in [0, 0.05) is 43.9 Å². The quantitative estimate of drug-likeness (QED) is 0.564. The first kappa shape index (κ1) is 22.8. The molecule has 0 saturated heterocycles. The van der Waals surface area contributed by atoms with Gasteiger partial charge in [0.2, 0.25) is 5.91 Å². The largest absolute Gasteiger partial charge is 0.395 e. The summed E-state index contributed by atoms with van der Waals surface area (Å²) in [7, 11) is 1.87. The lowest BCUT2D eigenvalue weighted by Gasteiger charge is -2.16. The molecule has 0 fully saturated rings. The van der Waals surface area contributed by atoms with Crippen LogP contribution in [0.1, 0.15) is 30.8 Å². The summed E-state index contributed by atoms with van der Waals surface area (Å²) in [6, 6.07) is 13.1. The number of nitriles is 1. The van der Waals surface area contributed by atoms with Crippen molar-refractivity contribution in [3.05, 3.63) is 65.7 Å². The summed E-state index contributed by atoms with van der Waals surface area (Å²) < 4.78 is 0. The van der Waals surface area contributed by atoms with Crippen LogP contribution in [0.5, 0.6) is 0 Å². The molecule has 8 nitrogen and oxygen atoms in total. The Morgan fingerprint density at radius 1 is 1.22 bits per heavy atom. The summed E-state index contributed by atoms with van der Waals surface area (Å²) in [5.41, 5.74) is 3.30. The van der Waals surface area contributed by atoms with E-state index in [1.54, 1.807) is 44.4 Å². The van der Waals surface area contributed by atoms with Crippen molar-refractivity contribution in [1.29, 1.82) is 5.26 Å². The number of carbonyl (C=O) groups excluding carboxylic acids is 1. The Balaban J connectivity index is 1.79. The van der Waals surface area contributed by atoms with E-state index in [9.17, 15) is 10.1 Å². The highest BCUT2D eigenvalue weighted by molar-refractivity contribution is 5.93. The van der Waals surface area contributed by atoms with Crippen LogP contribution in [0.15, 0.2) is 48.8 Å². The second kappa shape index (κ2) is 10.5. The first-order valence-electron chi connectivity index (χ1n) is 10.4. The van der Waals surface area contributed by atoms with Gasteiger partial charge in [-0.25, -0.2) is 15.0 Å². The number of hydrogen-bond donors (Lipinski definition) is 2. The summed E-state index contributed by atoms with van der Waals surface area (Å²) in [4.78, 5) is 27.3. The maximum atomic E-state index is 12.0. The Kier molecular flexibility index (Phi) is 7.47. The number of pyridine rings is 1. The number of amides is 1. The third-order valence-corrected chi connectivity index (χ3v) is 4.92. The first-order chi connectivity index (χ1) is 15.4. The molecule has 0 spiro atoms. The number of benzene rings is 1. The third-order valence-electron chi connectivity index (χ3n) is 4.92. The van der Waals surface area contributed by atoms with E-state index in [2.05, 4.69) is 26.3 Å². The van der Waals surface area contributed by atoms with E-state index in [1.165, 1.54) is 0 Å². The van der Waals surface area contributed by atoms with Crippen LogP contribution >= 0.6 is 0 Å². The fraction of sp³-hybridized carbons (Fsp3) is 0.292. The van der Waals surface area contributed by atoms with Crippen LogP contribution in [0.2, 0.25) is 0 Å². The van der Waals surface area contributed by atoms with Gasteiger partial charge in [-0.1, -0.05) is 26.0 Å². The van der Waals surface area contributed by atoms with Gasteiger partial charge in [-0.05, 0) is 29.8 Å². The highest BCUT2D eigenvalue weighted by Crippen LogP contribution is 2.24. The number of aliphatic hydroxyl groups excluding tert-OH is 1. The average molecular weight is 431 g/mol. The highest BCUT2D eigenvalue weighted by atomic mass is 16.3. The summed E-state index contributed by atoms with van der Waals surface area (Å²) in [5, 5.41) is 21.4. The molecule has 0 atom stereocenters. The number of rotatable bonds is 8. The molecule has 3 aromatic rings. The topological polar surface area (TPSA) is 115 Å². The molecule has 0 unspecified atom stereocenters. The molecule has 3 rings (SSSR count). The van der Waals surface area contributed by atoms with Crippen molar-refractivity contribution >= 4 is 17.4 Å². The van der Waals surface area contributed by atoms with E-state index in [1.807, 2.05) is 30.1 Å². The number of anilines is 2. The van der Waals surface area contributed by atoms with Crippen molar-refractivity contribution in [2.45, 2.75) is 20.3 Å². The Morgan fingerprint density at radius 2 is 2.03 bits per heavy atom. The summed E-state index contributed by atoms with van der Waals surface area (Å²) >= 11 is 0. The molecule has 0 aliphatic rings. The minimum Gasteiger partial charge on any atom is -0.395 e. The van der Waals surface area contributed by atoms with Crippen molar-refractivity contribution in [3.8, 4) is 17.3 Å².